The van der Waals surface area contributed by atoms with Gasteiger partial charge in [-0.3, -0.25) is 9.78 Å². The van der Waals surface area contributed by atoms with E-state index in [0.29, 0.717) is 21.3 Å². The Labute approximate surface area is 155 Å². The minimum atomic E-state index is -0.374. The summed E-state index contributed by atoms with van der Waals surface area (Å²) in [5.41, 5.74) is 5.30. The molecule has 0 aliphatic heterocycles. The molecule has 1 aromatic heterocycles. The van der Waals surface area contributed by atoms with Crippen molar-refractivity contribution in [2.45, 2.75) is 0 Å². The second-order valence-electron chi connectivity index (χ2n) is 5.13. The Hall–Kier alpha value is -2.69. The molecule has 0 saturated carbocycles. The van der Waals surface area contributed by atoms with Crippen LogP contribution in [0.25, 0.3) is 0 Å². The molecule has 0 radical (unpaired) electrons. The predicted octanol–water partition coefficient (Wildman–Crippen LogP) is 4.57. The quantitative estimate of drug-likeness (QED) is 0.540. The number of rotatable bonds is 4. The molecule has 0 atom stereocenters. The van der Waals surface area contributed by atoms with Crippen molar-refractivity contribution in [3.8, 4) is 0 Å². The van der Waals surface area contributed by atoms with Crippen LogP contribution in [-0.2, 0) is 0 Å². The van der Waals surface area contributed by atoms with E-state index in [-0.39, 0.29) is 5.91 Å². The minimum Gasteiger partial charge on any atom is -0.267 e. The molecule has 2 aromatic carbocycles. The summed E-state index contributed by atoms with van der Waals surface area (Å²) < 4.78 is 0. The number of benzene rings is 2. The van der Waals surface area contributed by atoms with Gasteiger partial charge in [-0.05, 0) is 30.3 Å². The van der Waals surface area contributed by atoms with Crippen molar-refractivity contribution < 1.29 is 4.79 Å². The highest BCUT2D eigenvalue weighted by Gasteiger charge is 2.10. The maximum absolute atomic E-state index is 12.3. The third-order valence-electron chi connectivity index (χ3n) is 3.45. The summed E-state index contributed by atoms with van der Waals surface area (Å²) in [6, 6.07) is 17.9. The van der Waals surface area contributed by atoms with Crippen molar-refractivity contribution in [1.82, 2.24) is 10.4 Å². The van der Waals surface area contributed by atoms with Crippen LogP contribution >= 0.6 is 23.2 Å². The molecule has 124 valence electrons. The third-order valence-corrected chi connectivity index (χ3v) is 4.19. The first kappa shape index (κ1) is 17.1. The van der Waals surface area contributed by atoms with Gasteiger partial charge < -0.3 is 0 Å². The monoisotopic (exact) mass is 369 g/mol. The van der Waals surface area contributed by atoms with Gasteiger partial charge >= 0.3 is 0 Å². The lowest BCUT2D eigenvalue weighted by Gasteiger charge is -2.08. The number of amides is 1. The number of hydrazone groups is 1. The maximum atomic E-state index is 12.3. The van der Waals surface area contributed by atoms with Crippen LogP contribution in [0.4, 0.5) is 0 Å². The van der Waals surface area contributed by atoms with Gasteiger partial charge in [0.1, 0.15) is 0 Å². The van der Waals surface area contributed by atoms with Crippen LogP contribution in [0.2, 0.25) is 10.0 Å². The average molecular weight is 370 g/mol. The van der Waals surface area contributed by atoms with Crippen LogP contribution in [0.3, 0.4) is 0 Å². The van der Waals surface area contributed by atoms with Gasteiger partial charge in [0, 0.05) is 29.1 Å². The van der Waals surface area contributed by atoms with Gasteiger partial charge in [-0.25, -0.2) is 5.43 Å². The van der Waals surface area contributed by atoms with E-state index in [4.69, 9.17) is 23.2 Å². The van der Waals surface area contributed by atoms with Gasteiger partial charge in [0.2, 0.25) is 0 Å². The Balaban J connectivity index is 1.91. The van der Waals surface area contributed by atoms with E-state index in [2.05, 4.69) is 15.5 Å². The number of carbonyl (C=O) groups is 1. The average Bonchev–Trinajstić information content (AvgIpc) is 2.66. The standard InChI is InChI=1S/C19H13Cl2N3O/c20-16-7-6-15(12-17(16)21)19(25)24-23-18(13-4-2-1-3-5-13)14-8-10-22-11-9-14/h1-12H,(H,24,25)/b23-18+. The molecule has 3 rings (SSSR count). The molecular formula is C19H13Cl2N3O. The molecule has 1 amide bonds. The van der Waals surface area contributed by atoms with Crippen LogP contribution in [0.5, 0.6) is 0 Å². The van der Waals surface area contributed by atoms with Gasteiger partial charge in [-0.2, -0.15) is 5.10 Å². The van der Waals surface area contributed by atoms with E-state index in [0.717, 1.165) is 11.1 Å². The van der Waals surface area contributed by atoms with Crippen molar-refractivity contribution in [3.05, 3.63) is 99.8 Å². The van der Waals surface area contributed by atoms with Crippen molar-refractivity contribution in [2.75, 3.05) is 0 Å². The number of aromatic nitrogens is 1. The van der Waals surface area contributed by atoms with Gasteiger partial charge in [0.15, 0.2) is 0 Å². The first-order chi connectivity index (χ1) is 12.1. The number of nitrogens with zero attached hydrogens (tertiary/aromatic N) is 2. The number of hydrogen-bond acceptors (Lipinski definition) is 3. The van der Waals surface area contributed by atoms with E-state index < -0.39 is 0 Å². The zero-order chi connectivity index (χ0) is 17.6. The molecule has 3 aromatic rings. The fraction of sp³-hybridized carbons (Fsp3) is 0. The summed E-state index contributed by atoms with van der Waals surface area (Å²) in [6.45, 7) is 0. The Morgan fingerprint density at radius 3 is 2.20 bits per heavy atom. The van der Waals surface area contributed by atoms with Gasteiger partial charge in [0.05, 0.1) is 15.8 Å². The lowest BCUT2D eigenvalue weighted by atomic mass is 10.0. The highest BCUT2D eigenvalue weighted by molar-refractivity contribution is 6.42. The second-order valence-corrected chi connectivity index (χ2v) is 5.95. The molecule has 6 heteroatoms. The molecule has 1 N–H and O–H groups in total. The Kier molecular flexibility index (Phi) is 5.43. The van der Waals surface area contributed by atoms with Crippen molar-refractivity contribution in [3.63, 3.8) is 0 Å². The predicted molar refractivity (Wildman–Crippen MR) is 100 cm³/mol. The van der Waals surface area contributed by atoms with E-state index in [1.807, 2.05) is 42.5 Å². The molecule has 25 heavy (non-hydrogen) atoms. The first-order valence-electron chi connectivity index (χ1n) is 7.44. The van der Waals surface area contributed by atoms with E-state index in [1.54, 1.807) is 24.5 Å². The fourth-order valence-electron chi connectivity index (χ4n) is 2.21. The third kappa shape index (κ3) is 4.24. The normalized spacial score (nSPS) is 11.2. The number of nitrogens with one attached hydrogen (secondary N) is 1. The smallest absolute Gasteiger partial charge is 0.267 e. The molecule has 0 saturated heterocycles. The van der Waals surface area contributed by atoms with Gasteiger partial charge in [-0.1, -0.05) is 53.5 Å². The summed E-state index contributed by atoms with van der Waals surface area (Å²) >= 11 is 11.8. The van der Waals surface area contributed by atoms with E-state index in [9.17, 15) is 4.79 Å². The first-order valence-corrected chi connectivity index (χ1v) is 8.19. The molecule has 0 unspecified atom stereocenters. The van der Waals surface area contributed by atoms with Crippen LogP contribution < -0.4 is 5.43 Å². The van der Waals surface area contributed by atoms with Crippen LogP contribution in [0.1, 0.15) is 21.5 Å². The highest BCUT2D eigenvalue weighted by Crippen LogP contribution is 2.22. The van der Waals surface area contributed by atoms with Crippen LogP contribution in [-0.4, -0.2) is 16.6 Å². The number of halogens is 2. The molecule has 1 heterocycles. The molecular weight excluding hydrogens is 357 g/mol. The molecule has 4 nitrogen and oxygen atoms in total. The summed E-state index contributed by atoms with van der Waals surface area (Å²) in [6.07, 6.45) is 3.35. The largest absolute Gasteiger partial charge is 0.271 e. The van der Waals surface area contributed by atoms with E-state index in [1.165, 1.54) is 6.07 Å². The SMILES string of the molecule is O=C(N/N=C(\c1ccccc1)c1ccncc1)c1ccc(Cl)c(Cl)c1. The molecule has 0 bridgehead atoms. The lowest BCUT2D eigenvalue weighted by molar-refractivity contribution is 0.0955. The highest BCUT2D eigenvalue weighted by atomic mass is 35.5. The second kappa shape index (κ2) is 7.92. The molecule has 0 aliphatic rings. The molecule has 0 aliphatic carbocycles. The van der Waals surface area contributed by atoms with Crippen LogP contribution in [0, 0.1) is 0 Å². The van der Waals surface area contributed by atoms with E-state index >= 15 is 0 Å². The zero-order valence-electron chi connectivity index (χ0n) is 13.0. The number of hydrogen-bond donors (Lipinski definition) is 1. The van der Waals surface area contributed by atoms with Crippen molar-refractivity contribution in [1.29, 1.82) is 0 Å². The number of carbonyl (C=O) groups excluding carboxylic acids is 1. The van der Waals surface area contributed by atoms with Gasteiger partial charge in [-0.15, -0.1) is 0 Å². The van der Waals surface area contributed by atoms with Gasteiger partial charge in [0.25, 0.3) is 5.91 Å². The van der Waals surface area contributed by atoms with Crippen molar-refractivity contribution in [2.24, 2.45) is 5.10 Å². The Morgan fingerprint density at radius 1 is 0.840 bits per heavy atom. The summed E-state index contributed by atoms with van der Waals surface area (Å²) in [4.78, 5) is 16.4. The van der Waals surface area contributed by atoms with Crippen molar-refractivity contribution >= 4 is 34.8 Å². The zero-order valence-corrected chi connectivity index (χ0v) is 14.5. The Morgan fingerprint density at radius 2 is 1.52 bits per heavy atom. The lowest BCUT2D eigenvalue weighted by Crippen LogP contribution is -2.20. The summed E-state index contributed by atoms with van der Waals surface area (Å²) in [7, 11) is 0. The van der Waals surface area contributed by atoms with Crippen LogP contribution in [0.15, 0.2) is 78.2 Å². The molecule has 0 fully saturated rings. The maximum Gasteiger partial charge on any atom is 0.271 e. The number of pyridine rings is 1. The molecule has 0 spiro atoms. The fourth-order valence-corrected chi connectivity index (χ4v) is 2.51. The Bertz CT molecular complexity index is 871. The summed E-state index contributed by atoms with van der Waals surface area (Å²) in [5, 5.41) is 5.01. The topological polar surface area (TPSA) is 54.4 Å². The summed E-state index contributed by atoms with van der Waals surface area (Å²) in [5.74, 6) is -0.374. The minimum absolute atomic E-state index is 0.315.